The molecule has 0 aromatic rings. The third kappa shape index (κ3) is 2.50. The summed E-state index contributed by atoms with van der Waals surface area (Å²) in [5, 5.41) is 0. The van der Waals surface area contributed by atoms with Crippen molar-refractivity contribution in [2.24, 2.45) is 5.73 Å². The fourth-order valence-corrected chi connectivity index (χ4v) is 0.332. The van der Waals surface area contributed by atoms with Crippen LogP contribution in [0, 0.1) is 0 Å². The summed E-state index contributed by atoms with van der Waals surface area (Å²) >= 11 is 1.69. The maximum absolute atomic E-state index is 5.12. The third-order valence-corrected chi connectivity index (χ3v) is 0.983. The van der Waals surface area contributed by atoms with E-state index in [1.165, 1.54) is 0 Å². The molecule has 0 aliphatic heterocycles. The monoisotopic (exact) mass is 211 g/mol. The van der Waals surface area contributed by atoms with Crippen LogP contribution in [0.4, 0.5) is 0 Å². The van der Waals surface area contributed by atoms with E-state index in [0.717, 1.165) is 0 Å². The van der Waals surface area contributed by atoms with Gasteiger partial charge in [-0.3, -0.25) is 0 Å². The summed E-state index contributed by atoms with van der Waals surface area (Å²) in [4.78, 5) is 0. The van der Waals surface area contributed by atoms with Crippen molar-refractivity contribution < 1.29 is 3.07 Å². The highest BCUT2D eigenvalue weighted by molar-refractivity contribution is 14.1. The Morgan fingerprint density at radius 1 is 1.57 bits per heavy atom. The topological polar surface area (TPSA) is 35.2 Å². The second-order valence-corrected chi connectivity index (χ2v) is 1.47. The maximum atomic E-state index is 5.12. The summed E-state index contributed by atoms with van der Waals surface area (Å²) in [7, 11) is 0. The first-order valence-corrected chi connectivity index (χ1v) is 2.49. The van der Waals surface area contributed by atoms with Gasteiger partial charge in [-0.2, -0.15) is 0 Å². The highest BCUT2D eigenvalue weighted by Gasteiger charge is 1.88. The Labute approximate surface area is 56.7 Å². The molecule has 0 aromatic heterocycles. The van der Waals surface area contributed by atoms with Gasteiger partial charge in [-0.05, 0) is 0 Å². The Kier molecular flexibility index (Phi) is 2.82. The molecule has 40 valence electrons. The molecule has 0 unspecified atom stereocenters. The lowest BCUT2D eigenvalue weighted by Crippen LogP contribution is -1.96. The van der Waals surface area contributed by atoms with Gasteiger partial charge in [-0.25, -0.2) is 0 Å². The van der Waals surface area contributed by atoms with Crippen molar-refractivity contribution in [2.75, 3.05) is 0 Å². The summed E-state index contributed by atoms with van der Waals surface area (Å²) in [6.45, 7) is 6.79. The van der Waals surface area contributed by atoms with Gasteiger partial charge < -0.3 is 8.80 Å². The van der Waals surface area contributed by atoms with E-state index in [0.29, 0.717) is 11.5 Å². The molecule has 3 heteroatoms. The van der Waals surface area contributed by atoms with Crippen LogP contribution < -0.4 is 5.73 Å². The molecule has 0 rings (SSSR count). The van der Waals surface area contributed by atoms with Gasteiger partial charge in [0, 0.05) is 0 Å². The first-order valence-electron chi connectivity index (χ1n) is 1.60. The van der Waals surface area contributed by atoms with Gasteiger partial charge in [0.1, 0.15) is 5.76 Å². The van der Waals surface area contributed by atoms with E-state index in [-0.39, 0.29) is 0 Å². The van der Waals surface area contributed by atoms with Crippen LogP contribution in [-0.4, -0.2) is 0 Å². The second-order valence-electron chi connectivity index (χ2n) is 1.03. The van der Waals surface area contributed by atoms with Gasteiger partial charge in [-0.1, -0.05) is 13.2 Å². The normalized spacial score (nSPS) is 7.57. The summed E-state index contributed by atoms with van der Waals surface area (Å²) < 4.78 is 4.56. The fourth-order valence-electron chi connectivity index (χ4n) is 0.0495. The second kappa shape index (κ2) is 2.90. The van der Waals surface area contributed by atoms with Crippen molar-refractivity contribution in [3.8, 4) is 0 Å². The van der Waals surface area contributed by atoms with Crippen LogP contribution in [-0.2, 0) is 3.07 Å². The van der Waals surface area contributed by atoms with Gasteiger partial charge in [-0.15, -0.1) is 0 Å². The van der Waals surface area contributed by atoms with Crippen molar-refractivity contribution in [3.63, 3.8) is 0 Å². The maximum Gasteiger partial charge on any atom is 0.192 e. The zero-order valence-corrected chi connectivity index (χ0v) is 5.94. The van der Waals surface area contributed by atoms with E-state index in [1.807, 2.05) is 0 Å². The quantitative estimate of drug-likeness (QED) is 0.425. The Balaban J connectivity index is 3.58. The standard InChI is InChI=1S/C4H6INO/c1-3(6)4(2)7-5/h1-2,6H2. The van der Waals surface area contributed by atoms with Crippen molar-refractivity contribution in [3.05, 3.63) is 24.6 Å². The van der Waals surface area contributed by atoms with Crippen molar-refractivity contribution in [2.45, 2.75) is 0 Å². The average Bonchev–Trinajstić information content (AvgIpc) is 1.65. The van der Waals surface area contributed by atoms with Crippen LogP contribution in [0.15, 0.2) is 24.6 Å². The zero-order chi connectivity index (χ0) is 5.86. The number of hydrogen-bond donors (Lipinski definition) is 1. The zero-order valence-electron chi connectivity index (χ0n) is 3.78. The number of nitrogens with two attached hydrogens (primary N) is 1. The van der Waals surface area contributed by atoms with Crippen molar-refractivity contribution in [1.29, 1.82) is 0 Å². The summed E-state index contributed by atoms with van der Waals surface area (Å²) in [6.07, 6.45) is 0. The predicted octanol–water partition coefficient (Wildman–Crippen LogP) is 1.34. The molecular formula is C4H6INO. The lowest BCUT2D eigenvalue weighted by atomic mass is 10.5. The average molecular weight is 211 g/mol. The molecule has 0 saturated heterocycles. The lowest BCUT2D eigenvalue weighted by molar-refractivity contribution is 0.577. The highest BCUT2D eigenvalue weighted by Crippen LogP contribution is 2.03. The molecule has 0 aliphatic carbocycles. The fraction of sp³-hybridized carbons (Fsp3) is 0. The highest BCUT2D eigenvalue weighted by atomic mass is 127. The number of halogens is 1. The van der Waals surface area contributed by atoms with E-state index in [4.69, 9.17) is 5.73 Å². The first kappa shape index (κ1) is 6.81. The van der Waals surface area contributed by atoms with Crippen LogP contribution >= 0.6 is 23.0 Å². The molecule has 2 N–H and O–H groups in total. The molecular weight excluding hydrogens is 205 g/mol. The van der Waals surface area contributed by atoms with E-state index >= 15 is 0 Å². The minimum atomic E-state index is 0.370. The number of rotatable bonds is 2. The van der Waals surface area contributed by atoms with Crippen molar-refractivity contribution >= 4 is 23.0 Å². The first-order chi connectivity index (χ1) is 3.18. The number of hydrogen-bond acceptors (Lipinski definition) is 2. The molecule has 0 fully saturated rings. The molecule has 2 nitrogen and oxygen atoms in total. The van der Waals surface area contributed by atoms with Crippen LogP contribution in [0.5, 0.6) is 0 Å². The van der Waals surface area contributed by atoms with E-state index in [2.05, 4.69) is 16.2 Å². The summed E-state index contributed by atoms with van der Waals surface area (Å²) in [6, 6.07) is 0. The van der Waals surface area contributed by atoms with Crippen LogP contribution in [0.2, 0.25) is 0 Å². The molecule has 0 spiro atoms. The Bertz CT molecular complexity index is 99.9. The third-order valence-electron chi connectivity index (χ3n) is 0.451. The lowest BCUT2D eigenvalue weighted by Gasteiger charge is -1.95. The molecule has 0 saturated carbocycles. The van der Waals surface area contributed by atoms with E-state index < -0.39 is 0 Å². The van der Waals surface area contributed by atoms with Crippen LogP contribution in [0.3, 0.4) is 0 Å². The SMILES string of the molecule is C=C(N)C(=C)OI. The van der Waals surface area contributed by atoms with Crippen LogP contribution in [0.25, 0.3) is 0 Å². The molecule has 0 aromatic carbocycles. The van der Waals surface area contributed by atoms with Gasteiger partial charge >= 0.3 is 0 Å². The van der Waals surface area contributed by atoms with Gasteiger partial charge in [0.2, 0.25) is 0 Å². The Hall–Kier alpha value is -0.190. The Morgan fingerprint density at radius 3 is 2.00 bits per heavy atom. The van der Waals surface area contributed by atoms with Gasteiger partial charge in [0.25, 0.3) is 0 Å². The van der Waals surface area contributed by atoms with Gasteiger partial charge in [0.15, 0.2) is 23.0 Å². The molecule has 0 bridgehead atoms. The molecule has 0 amide bonds. The minimum Gasteiger partial charge on any atom is -0.426 e. The minimum absolute atomic E-state index is 0.370. The molecule has 0 aliphatic rings. The smallest absolute Gasteiger partial charge is 0.192 e. The van der Waals surface area contributed by atoms with Gasteiger partial charge in [0.05, 0.1) is 5.70 Å². The predicted molar refractivity (Wildman–Crippen MR) is 37.6 cm³/mol. The molecule has 0 atom stereocenters. The largest absolute Gasteiger partial charge is 0.426 e. The van der Waals surface area contributed by atoms with E-state index in [1.54, 1.807) is 23.0 Å². The van der Waals surface area contributed by atoms with E-state index in [9.17, 15) is 0 Å². The Morgan fingerprint density at radius 2 is 2.00 bits per heavy atom. The van der Waals surface area contributed by atoms with Crippen LogP contribution in [0.1, 0.15) is 0 Å². The molecule has 7 heavy (non-hydrogen) atoms. The van der Waals surface area contributed by atoms with Crippen molar-refractivity contribution in [1.82, 2.24) is 0 Å². The summed E-state index contributed by atoms with van der Waals surface area (Å²) in [5.41, 5.74) is 5.49. The summed E-state index contributed by atoms with van der Waals surface area (Å²) in [5.74, 6) is 0.417. The molecule has 0 heterocycles. The molecule has 0 radical (unpaired) electrons.